The summed E-state index contributed by atoms with van der Waals surface area (Å²) >= 11 is 0. The molecule has 1 atom stereocenters. The van der Waals surface area contributed by atoms with Crippen molar-refractivity contribution in [2.75, 3.05) is 38.1 Å². The van der Waals surface area contributed by atoms with E-state index in [0.29, 0.717) is 12.5 Å². The van der Waals surface area contributed by atoms with E-state index in [2.05, 4.69) is 34.0 Å². The van der Waals surface area contributed by atoms with E-state index in [1.165, 1.54) is 0 Å². The highest BCUT2D eigenvalue weighted by molar-refractivity contribution is 5.51. The number of aliphatic hydroxyl groups excluding tert-OH is 1. The molecule has 2 aromatic rings. The molecule has 1 aromatic carbocycles. The Labute approximate surface area is 162 Å². The standard InChI is InChI=1S/C22H31N3O2/c1-18(26)15-25-13-10-19(11-14-25)16-24(2)22-21(9-6-12-23-22)27-17-20-7-4-3-5-8-20/h3-9,12,18-19,26H,10-11,13-17H2,1-2H3. The van der Waals surface area contributed by atoms with Crippen LogP contribution in [0.5, 0.6) is 5.75 Å². The van der Waals surface area contributed by atoms with Gasteiger partial charge in [0, 0.05) is 26.3 Å². The molecule has 2 heterocycles. The van der Waals surface area contributed by atoms with Crippen LogP contribution in [0.1, 0.15) is 25.3 Å². The molecule has 1 fully saturated rings. The molecule has 5 heteroatoms. The Kier molecular flexibility index (Phi) is 7.07. The van der Waals surface area contributed by atoms with Crippen LogP contribution in [-0.2, 0) is 6.61 Å². The first-order valence-corrected chi connectivity index (χ1v) is 9.85. The van der Waals surface area contributed by atoms with Gasteiger partial charge in [0.25, 0.3) is 0 Å². The van der Waals surface area contributed by atoms with Crippen molar-refractivity contribution in [3.63, 3.8) is 0 Å². The maximum Gasteiger partial charge on any atom is 0.171 e. The third-order valence-corrected chi connectivity index (χ3v) is 5.11. The number of anilines is 1. The Morgan fingerprint density at radius 3 is 2.63 bits per heavy atom. The minimum Gasteiger partial charge on any atom is -0.485 e. The number of ether oxygens (including phenoxy) is 1. The third-order valence-electron chi connectivity index (χ3n) is 5.11. The molecule has 1 saturated heterocycles. The van der Waals surface area contributed by atoms with Crippen molar-refractivity contribution in [1.29, 1.82) is 0 Å². The number of nitrogens with zero attached hydrogens (tertiary/aromatic N) is 3. The molecule has 0 saturated carbocycles. The van der Waals surface area contributed by atoms with Gasteiger partial charge in [0.1, 0.15) is 6.61 Å². The lowest BCUT2D eigenvalue weighted by molar-refractivity contribution is 0.101. The fourth-order valence-electron chi connectivity index (χ4n) is 3.72. The molecule has 0 spiro atoms. The van der Waals surface area contributed by atoms with Gasteiger partial charge in [-0.2, -0.15) is 0 Å². The van der Waals surface area contributed by atoms with Crippen LogP contribution in [0.15, 0.2) is 48.7 Å². The molecule has 0 radical (unpaired) electrons. The normalized spacial score (nSPS) is 16.9. The number of benzene rings is 1. The monoisotopic (exact) mass is 369 g/mol. The number of aliphatic hydroxyl groups is 1. The number of likely N-dealkylation sites (tertiary alicyclic amines) is 1. The first kappa shape index (κ1) is 19.6. The number of pyridine rings is 1. The zero-order valence-corrected chi connectivity index (χ0v) is 16.4. The number of hydrogen-bond donors (Lipinski definition) is 1. The fourth-order valence-corrected chi connectivity index (χ4v) is 3.72. The number of hydrogen-bond acceptors (Lipinski definition) is 5. The molecule has 1 unspecified atom stereocenters. The van der Waals surface area contributed by atoms with Crippen LogP contribution in [0.2, 0.25) is 0 Å². The Morgan fingerprint density at radius 2 is 1.93 bits per heavy atom. The van der Waals surface area contributed by atoms with Crippen molar-refractivity contribution in [3.05, 3.63) is 54.2 Å². The van der Waals surface area contributed by atoms with Gasteiger partial charge in [0.05, 0.1) is 6.10 Å². The Morgan fingerprint density at radius 1 is 1.19 bits per heavy atom. The van der Waals surface area contributed by atoms with E-state index < -0.39 is 0 Å². The van der Waals surface area contributed by atoms with Gasteiger partial charge in [0.2, 0.25) is 0 Å². The molecule has 5 nitrogen and oxygen atoms in total. The lowest BCUT2D eigenvalue weighted by atomic mass is 9.96. The quantitative estimate of drug-likeness (QED) is 0.774. The zero-order valence-electron chi connectivity index (χ0n) is 16.4. The van der Waals surface area contributed by atoms with Crippen molar-refractivity contribution < 1.29 is 9.84 Å². The van der Waals surface area contributed by atoms with E-state index >= 15 is 0 Å². The lowest BCUT2D eigenvalue weighted by Gasteiger charge is -2.34. The summed E-state index contributed by atoms with van der Waals surface area (Å²) < 4.78 is 6.05. The van der Waals surface area contributed by atoms with Crippen LogP contribution >= 0.6 is 0 Å². The van der Waals surface area contributed by atoms with Crippen LogP contribution in [0, 0.1) is 5.92 Å². The summed E-state index contributed by atoms with van der Waals surface area (Å²) in [6, 6.07) is 14.1. The molecule has 1 aliphatic rings. The second-order valence-electron chi connectivity index (χ2n) is 7.57. The van der Waals surface area contributed by atoms with Gasteiger partial charge in [-0.3, -0.25) is 0 Å². The Bertz CT molecular complexity index is 685. The maximum absolute atomic E-state index is 9.56. The van der Waals surface area contributed by atoms with Crippen molar-refractivity contribution >= 4 is 5.82 Å². The molecule has 1 aromatic heterocycles. The summed E-state index contributed by atoms with van der Waals surface area (Å²) in [6.45, 7) is 6.27. The number of aromatic nitrogens is 1. The minimum absolute atomic E-state index is 0.248. The van der Waals surface area contributed by atoms with E-state index in [-0.39, 0.29) is 6.10 Å². The van der Waals surface area contributed by atoms with E-state index in [4.69, 9.17) is 4.74 Å². The van der Waals surface area contributed by atoms with Gasteiger partial charge in [-0.15, -0.1) is 0 Å². The topological polar surface area (TPSA) is 48.8 Å². The molecular weight excluding hydrogens is 338 g/mol. The van der Waals surface area contributed by atoms with Gasteiger partial charge in [0.15, 0.2) is 11.6 Å². The van der Waals surface area contributed by atoms with Crippen LogP contribution in [-0.4, -0.2) is 54.3 Å². The first-order valence-electron chi connectivity index (χ1n) is 9.85. The molecule has 0 bridgehead atoms. The van der Waals surface area contributed by atoms with Crippen LogP contribution in [0.25, 0.3) is 0 Å². The summed E-state index contributed by atoms with van der Waals surface area (Å²) in [5.41, 5.74) is 1.15. The zero-order chi connectivity index (χ0) is 19.1. The summed E-state index contributed by atoms with van der Waals surface area (Å²) in [5.74, 6) is 2.37. The van der Waals surface area contributed by atoms with Crippen LogP contribution < -0.4 is 9.64 Å². The van der Waals surface area contributed by atoms with Gasteiger partial charge in [-0.25, -0.2) is 4.98 Å². The number of β-amino-alcohol motifs (C(OH)–C–C–N with tert-alkyl or cyclic N) is 1. The highest BCUT2D eigenvalue weighted by Crippen LogP contribution is 2.27. The summed E-state index contributed by atoms with van der Waals surface area (Å²) in [7, 11) is 2.10. The Balaban J connectivity index is 1.55. The lowest BCUT2D eigenvalue weighted by Crippen LogP contribution is -2.40. The molecule has 0 amide bonds. The molecule has 1 N–H and O–H groups in total. The van der Waals surface area contributed by atoms with Crippen molar-refractivity contribution in [2.45, 2.75) is 32.5 Å². The highest BCUT2D eigenvalue weighted by atomic mass is 16.5. The second kappa shape index (κ2) is 9.72. The predicted molar refractivity (Wildman–Crippen MR) is 109 cm³/mol. The van der Waals surface area contributed by atoms with E-state index in [9.17, 15) is 5.11 Å². The van der Waals surface area contributed by atoms with E-state index in [0.717, 1.165) is 56.2 Å². The number of piperidine rings is 1. The molecule has 3 rings (SSSR count). The summed E-state index contributed by atoms with van der Waals surface area (Å²) in [4.78, 5) is 9.14. The minimum atomic E-state index is -0.248. The van der Waals surface area contributed by atoms with Gasteiger partial charge in [-0.1, -0.05) is 30.3 Å². The third kappa shape index (κ3) is 5.94. The fraction of sp³-hybridized carbons (Fsp3) is 0.500. The molecule has 0 aliphatic carbocycles. The highest BCUT2D eigenvalue weighted by Gasteiger charge is 2.22. The second-order valence-corrected chi connectivity index (χ2v) is 7.57. The molecule has 27 heavy (non-hydrogen) atoms. The number of rotatable bonds is 8. The van der Waals surface area contributed by atoms with Gasteiger partial charge < -0.3 is 19.6 Å². The predicted octanol–water partition coefficient (Wildman–Crippen LogP) is 3.19. The van der Waals surface area contributed by atoms with Crippen LogP contribution in [0.4, 0.5) is 5.82 Å². The molecule has 1 aliphatic heterocycles. The smallest absolute Gasteiger partial charge is 0.171 e. The van der Waals surface area contributed by atoms with E-state index in [1.54, 1.807) is 0 Å². The molecule has 146 valence electrons. The van der Waals surface area contributed by atoms with Crippen molar-refractivity contribution in [2.24, 2.45) is 5.92 Å². The maximum atomic E-state index is 9.56. The molecular formula is C22H31N3O2. The first-order chi connectivity index (χ1) is 13.1. The Hall–Kier alpha value is -2.11. The van der Waals surface area contributed by atoms with Crippen LogP contribution in [0.3, 0.4) is 0 Å². The average Bonchev–Trinajstić information content (AvgIpc) is 2.68. The van der Waals surface area contributed by atoms with Crippen molar-refractivity contribution in [1.82, 2.24) is 9.88 Å². The van der Waals surface area contributed by atoms with Gasteiger partial charge >= 0.3 is 0 Å². The largest absolute Gasteiger partial charge is 0.485 e. The van der Waals surface area contributed by atoms with Gasteiger partial charge in [-0.05, 0) is 56.5 Å². The van der Waals surface area contributed by atoms with Crippen molar-refractivity contribution in [3.8, 4) is 5.75 Å². The SMILES string of the molecule is CC(O)CN1CCC(CN(C)c2ncccc2OCc2ccccc2)CC1. The average molecular weight is 370 g/mol. The summed E-state index contributed by atoms with van der Waals surface area (Å²) in [6.07, 6.45) is 3.89. The van der Waals surface area contributed by atoms with E-state index in [1.807, 2.05) is 43.5 Å². The summed E-state index contributed by atoms with van der Waals surface area (Å²) in [5, 5.41) is 9.56.